The van der Waals surface area contributed by atoms with E-state index in [0.29, 0.717) is 13.0 Å². The molecule has 2 unspecified atom stereocenters. The number of carboxylic acids is 1. The third-order valence-corrected chi connectivity index (χ3v) is 5.00. The van der Waals surface area contributed by atoms with Gasteiger partial charge < -0.3 is 15.2 Å². The summed E-state index contributed by atoms with van der Waals surface area (Å²) in [7, 11) is 0. The van der Waals surface area contributed by atoms with Crippen molar-refractivity contribution in [2.75, 3.05) is 19.6 Å². The number of nitrogens with zero attached hydrogens (tertiary/aromatic N) is 2. The molecule has 1 amide bonds. The van der Waals surface area contributed by atoms with E-state index in [0.717, 1.165) is 32.4 Å². The van der Waals surface area contributed by atoms with Gasteiger partial charge in [-0.05, 0) is 44.7 Å². The predicted molar refractivity (Wildman–Crippen MR) is 72.0 cm³/mol. The fourth-order valence-corrected chi connectivity index (χ4v) is 3.24. The van der Waals surface area contributed by atoms with Crippen molar-refractivity contribution in [2.24, 2.45) is 11.3 Å². The fourth-order valence-electron chi connectivity index (χ4n) is 3.24. The van der Waals surface area contributed by atoms with E-state index in [9.17, 15) is 9.59 Å². The molecule has 2 fully saturated rings. The van der Waals surface area contributed by atoms with Gasteiger partial charge in [-0.25, -0.2) is 0 Å². The van der Waals surface area contributed by atoms with Gasteiger partial charge in [-0.3, -0.25) is 9.69 Å². The summed E-state index contributed by atoms with van der Waals surface area (Å²) in [6, 6.07) is 0.0545. The zero-order chi connectivity index (χ0) is 14.0. The van der Waals surface area contributed by atoms with Gasteiger partial charge in [0.05, 0.1) is 11.8 Å². The topological polar surface area (TPSA) is 71.7 Å². The monoisotopic (exact) mass is 556 g/mol. The molecule has 0 saturated carbocycles. The molecule has 2 aliphatic rings. The van der Waals surface area contributed by atoms with E-state index in [1.165, 1.54) is 0 Å². The number of rotatable bonds is 3. The molecular formula is C14H23N2O3UV-. The van der Waals surface area contributed by atoms with Crippen LogP contribution < -0.4 is 0 Å². The molecule has 0 bridgehead atoms. The standard InChI is InChI=1S/C14H24N2O3.U.V/c1-10(13(18)19)11(2)16-7-4-14(5-8-16)3-6-15-12(17)9-14;;/h10-11H,3-9H2,1-2H3,(H2,15,17,18,19);;/p-1. The van der Waals surface area contributed by atoms with Crippen LogP contribution in [0.1, 0.15) is 39.5 Å². The summed E-state index contributed by atoms with van der Waals surface area (Å²) < 4.78 is 0. The van der Waals surface area contributed by atoms with E-state index in [1.807, 2.05) is 6.92 Å². The zero-order valence-corrected chi connectivity index (χ0v) is 18.3. The van der Waals surface area contributed by atoms with Gasteiger partial charge in [0.1, 0.15) is 0 Å². The first-order valence-electron chi connectivity index (χ1n) is 7.11. The number of carboxylic acid groups (broad SMARTS) is 1. The van der Waals surface area contributed by atoms with Gasteiger partial charge in [0.25, 0.3) is 0 Å². The van der Waals surface area contributed by atoms with Crippen molar-refractivity contribution >= 4 is 11.9 Å². The van der Waals surface area contributed by atoms with Crippen LogP contribution in [0.2, 0.25) is 0 Å². The van der Waals surface area contributed by atoms with Crippen molar-refractivity contribution < 1.29 is 64.4 Å². The molecule has 117 valence electrons. The molecule has 0 aromatic rings. The number of likely N-dealkylation sites (tertiary alicyclic amines) is 1. The molecule has 1 spiro atoms. The first kappa shape index (κ1) is 21.5. The van der Waals surface area contributed by atoms with Gasteiger partial charge in [0.15, 0.2) is 0 Å². The maximum Gasteiger partial charge on any atom is 0.307 e. The molecular weight excluding hydrogens is 533 g/mol. The van der Waals surface area contributed by atoms with Crippen LogP contribution in [0.25, 0.3) is 5.32 Å². The molecule has 1 N–H and O–H groups in total. The summed E-state index contributed by atoms with van der Waals surface area (Å²) in [5.74, 6) is -1.04. The van der Waals surface area contributed by atoms with Gasteiger partial charge in [-0.2, -0.15) is 0 Å². The first-order chi connectivity index (χ1) is 8.93. The van der Waals surface area contributed by atoms with Crippen molar-refractivity contribution in [3.05, 3.63) is 5.32 Å². The third kappa shape index (κ3) is 5.29. The second-order valence-corrected chi connectivity index (χ2v) is 6.11. The Hall–Kier alpha value is 0.536. The fraction of sp³-hybridized carbons (Fsp3) is 0.857. The van der Waals surface area contributed by atoms with E-state index in [2.05, 4.69) is 10.2 Å². The molecule has 2 aliphatic heterocycles. The van der Waals surface area contributed by atoms with E-state index in [-0.39, 0.29) is 73.0 Å². The summed E-state index contributed by atoms with van der Waals surface area (Å²) in [5, 5.41) is 13.0. The summed E-state index contributed by atoms with van der Waals surface area (Å²) >= 11 is 0. The molecule has 5 nitrogen and oxygen atoms in total. The van der Waals surface area contributed by atoms with Gasteiger partial charge in [-0.1, -0.05) is 13.3 Å². The normalized spacial score (nSPS) is 24.2. The number of carbonyl (C=O) groups is 2. The SMILES string of the molecule is CC(C(=O)O)C(C)N1CCC2(CC[N-]C(=O)C2)CC1.[U].[V]. The Kier molecular flexibility index (Phi) is 9.21. The minimum absolute atomic E-state index is 0. The van der Waals surface area contributed by atoms with Gasteiger partial charge in [-0.15, -0.1) is 6.54 Å². The van der Waals surface area contributed by atoms with Crippen LogP contribution in [0.4, 0.5) is 0 Å². The molecule has 21 heavy (non-hydrogen) atoms. The van der Waals surface area contributed by atoms with Crippen LogP contribution in [0.5, 0.6) is 0 Å². The van der Waals surface area contributed by atoms with E-state index in [4.69, 9.17) is 5.11 Å². The predicted octanol–water partition coefficient (Wildman–Crippen LogP) is 1.87. The minimum Gasteiger partial charge on any atom is -0.653 e. The Morgan fingerprint density at radius 2 is 1.86 bits per heavy atom. The van der Waals surface area contributed by atoms with Gasteiger partial charge in [0, 0.05) is 55.7 Å². The van der Waals surface area contributed by atoms with E-state index < -0.39 is 5.97 Å². The van der Waals surface area contributed by atoms with Crippen LogP contribution in [-0.2, 0) is 28.1 Å². The molecule has 2 heterocycles. The summed E-state index contributed by atoms with van der Waals surface area (Å²) in [6.07, 6.45) is 3.58. The number of aliphatic carboxylic acids is 1. The Labute approximate surface area is 162 Å². The molecule has 0 aromatic carbocycles. The number of carbonyl (C=O) groups excluding carboxylic acids is 1. The molecule has 0 aliphatic carbocycles. The third-order valence-electron chi connectivity index (χ3n) is 5.00. The van der Waals surface area contributed by atoms with Crippen molar-refractivity contribution in [3.8, 4) is 0 Å². The summed E-state index contributed by atoms with van der Waals surface area (Å²) in [5.41, 5.74) is 0.140. The quantitative estimate of drug-likeness (QED) is 0.577. The van der Waals surface area contributed by atoms with E-state index in [1.54, 1.807) is 6.92 Å². The number of amides is 1. The number of piperidine rings is 2. The Balaban J connectivity index is 0.00000200. The van der Waals surface area contributed by atoms with Crippen LogP contribution in [0.3, 0.4) is 0 Å². The number of hydrogen-bond acceptors (Lipinski definition) is 3. The smallest absolute Gasteiger partial charge is 0.307 e. The van der Waals surface area contributed by atoms with Gasteiger partial charge >= 0.3 is 5.97 Å². The van der Waals surface area contributed by atoms with Crippen LogP contribution in [0, 0.1) is 42.4 Å². The van der Waals surface area contributed by atoms with Crippen molar-refractivity contribution in [3.63, 3.8) is 0 Å². The molecule has 0 aromatic heterocycles. The van der Waals surface area contributed by atoms with Crippen LogP contribution >= 0.6 is 0 Å². The van der Waals surface area contributed by atoms with Crippen molar-refractivity contribution in [1.29, 1.82) is 0 Å². The second-order valence-electron chi connectivity index (χ2n) is 6.11. The molecule has 2 rings (SSSR count). The van der Waals surface area contributed by atoms with E-state index >= 15 is 0 Å². The number of hydrogen-bond donors (Lipinski definition) is 1. The Morgan fingerprint density at radius 1 is 1.29 bits per heavy atom. The zero-order valence-electron chi connectivity index (χ0n) is 12.7. The van der Waals surface area contributed by atoms with Crippen LogP contribution in [-0.4, -0.2) is 47.6 Å². The largest absolute Gasteiger partial charge is 0.653 e. The summed E-state index contributed by atoms with van der Waals surface area (Å²) in [6.45, 7) is 6.20. The maximum absolute atomic E-state index is 11.5. The Bertz CT molecular complexity index is 373. The minimum atomic E-state index is -0.737. The Morgan fingerprint density at radius 3 is 2.33 bits per heavy atom. The molecule has 2 saturated heterocycles. The molecule has 1 radical (unpaired) electrons. The average Bonchev–Trinajstić information content (AvgIpc) is 2.37. The second kappa shape index (κ2) is 8.98. The molecule has 2 atom stereocenters. The molecule has 7 heteroatoms. The maximum atomic E-state index is 11.5. The van der Waals surface area contributed by atoms with Gasteiger partial charge in [0.2, 0.25) is 0 Å². The van der Waals surface area contributed by atoms with Crippen LogP contribution in [0.15, 0.2) is 0 Å². The average molecular weight is 556 g/mol. The van der Waals surface area contributed by atoms with Crippen molar-refractivity contribution in [1.82, 2.24) is 4.90 Å². The van der Waals surface area contributed by atoms with Crippen molar-refractivity contribution in [2.45, 2.75) is 45.6 Å². The first-order valence-corrected chi connectivity index (χ1v) is 7.11. The summed E-state index contributed by atoms with van der Waals surface area (Å²) in [4.78, 5) is 24.8.